The molecule has 1 aliphatic heterocycles. The lowest BCUT2D eigenvalue weighted by atomic mass is 9.92. The largest absolute Gasteiger partial charge is 0.347 e. The van der Waals surface area contributed by atoms with Gasteiger partial charge < -0.3 is 9.47 Å². The van der Waals surface area contributed by atoms with E-state index in [4.69, 9.17) is 0 Å². The van der Waals surface area contributed by atoms with Crippen LogP contribution in [0.25, 0.3) is 0 Å². The molecule has 0 aliphatic carbocycles. The van der Waals surface area contributed by atoms with Crippen LogP contribution in [0.15, 0.2) is 24.5 Å². The van der Waals surface area contributed by atoms with Crippen LogP contribution < -0.4 is 0 Å². The van der Waals surface area contributed by atoms with E-state index in [0.717, 1.165) is 31.6 Å². The Morgan fingerprint density at radius 2 is 2.38 bits per heavy atom. The highest BCUT2D eigenvalue weighted by molar-refractivity contribution is 5.92. The average Bonchev–Trinajstić information content (AvgIpc) is 3.08. The van der Waals surface area contributed by atoms with E-state index >= 15 is 0 Å². The number of hydrogen-bond donors (Lipinski definition) is 1. The Kier molecular flexibility index (Phi) is 3.82. The quantitative estimate of drug-likeness (QED) is 0.940. The van der Waals surface area contributed by atoms with E-state index in [0.29, 0.717) is 5.92 Å². The lowest BCUT2D eigenvalue weighted by Crippen LogP contribution is -2.41. The predicted octanol–water partition coefficient (Wildman–Crippen LogP) is 2.15. The Hall–Kier alpha value is -2.04. The number of hydrogen-bond acceptors (Lipinski definition) is 2. The Morgan fingerprint density at radius 3 is 3.05 bits per heavy atom. The van der Waals surface area contributed by atoms with Gasteiger partial charge in [0.05, 0.1) is 6.20 Å². The van der Waals surface area contributed by atoms with Crippen LogP contribution in [-0.2, 0) is 13.5 Å². The molecule has 0 radical (unpaired) electrons. The fraction of sp³-hybridized carbons (Fsp3) is 0.500. The van der Waals surface area contributed by atoms with Crippen LogP contribution in [0.1, 0.15) is 34.6 Å². The molecule has 1 fully saturated rings. The Morgan fingerprint density at radius 1 is 1.52 bits per heavy atom. The topological polar surface area (TPSA) is 53.9 Å². The third-order valence-corrected chi connectivity index (χ3v) is 4.40. The molecule has 3 heterocycles. The highest BCUT2D eigenvalue weighted by Crippen LogP contribution is 2.22. The predicted molar refractivity (Wildman–Crippen MR) is 81.1 cm³/mol. The van der Waals surface area contributed by atoms with Crippen LogP contribution in [0, 0.1) is 12.8 Å². The maximum atomic E-state index is 12.6. The molecule has 0 aromatic carbocycles. The highest BCUT2D eigenvalue weighted by atomic mass is 16.2. The first-order chi connectivity index (χ1) is 10.1. The second-order valence-electron chi connectivity index (χ2n) is 6.00. The van der Waals surface area contributed by atoms with Gasteiger partial charge in [0, 0.05) is 32.0 Å². The fourth-order valence-electron chi connectivity index (χ4n) is 3.13. The molecule has 1 atom stereocenters. The summed E-state index contributed by atoms with van der Waals surface area (Å²) in [5, 5.41) is 7.16. The summed E-state index contributed by atoms with van der Waals surface area (Å²) in [4.78, 5) is 14.6. The van der Waals surface area contributed by atoms with Crippen molar-refractivity contribution in [3.05, 3.63) is 41.5 Å². The van der Waals surface area contributed by atoms with Crippen molar-refractivity contribution in [2.75, 3.05) is 13.1 Å². The number of aromatic amines is 1. The van der Waals surface area contributed by atoms with Crippen LogP contribution in [0.3, 0.4) is 0 Å². The zero-order valence-corrected chi connectivity index (χ0v) is 12.7. The molecule has 5 heteroatoms. The lowest BCUT2D eigenvalue weighted by Gasteiger charge is -2.32. The van der Waals surface area contributed by atoms with Crippen molar-refractivity contribution in [2.45, 2.75) is 26.2 Å². The van der Waals surface area contributed by atoms with Gasteiger partial charge in [0.2, 0.25) is 0 Å². The Labute approximate surface area is 125 Å². The number of aryl methyl sites for hydroxylation is 2. The van der Waals surface area contributed by atoms with Crippen molar-refractivity contribution in [1.82, 2.24) is 19.7 Å². The van der Waals surface area contributed by atoms with Crippen LogP contribution in [-0.4, -0.2) is 38.7 Å². The maximum Gasteiger partial charge on any atom is 0.270 e. The molecule has 0 bridgehead atoms. The molecule has 5 nitrogen and oxygen atoms in total. The standard InChI is InChI=1S/C16H22N4O/c1-12-10-17-18-14(12)9-13-5-3-8-20(11-13)16(21)15-6-4-7-19(15)2/h4,6-7,10,13H,3,5,8-9,11H2,1-2H3,(H,17,18)/t13-/m0/s1. The van der Waals surface area contributed by atoms with Gasteiger partial charge in [-0.25, -0.2) is 0 Å². The van der Waals surface area contributed by atoms with Gasteiger partial charge in [0.15, 0.2) is 0 Å². The molecule has 1 N–H and O–H groups in total. The van der Waals surface area contributed by atoms with Gasteiger partial charge >= 0.3 is 0 Å². The van der Waals surface area contributed by atoms with Crippen molar-refractivity contribution >= 4 is 5.91 Å². The van der Waals surface area contributed by atoms with Gasteiger partial charge in [0.1, 0.15) is 5.69 Å². The molecule has 3 rings (SSSR count). The molecule has 2 aromatic heterocycles. The first kappa shape index (κ1) is 13.9. The minimum Gasteiger partial charge on any atom is -0.347 e. The van der Waals surface area contributed by atoms with Crippen LogP contribution in [0.5, 0.6) is 0 Å². The van der Waals surface area contributed by atoms with Gasteiger partial charge in [-0.3, -0.25) is 9.89 Å². The van der Waals surface area contributed by atoms with Crippen LogP contribution in [0.4, 0.5) is 0 Å². The Balaban J connectivity index is 1.67. The van der Waals surface area contributed by atoms with E-state index in [1.807, 2.05) is 41.0 Å². The van der Waals surface area contributed by atoms with Crippen molar-refractivity contribution in [1.29, 1.82) is 0 Å². The number of carbonyl (C=O) groups excluding carboxylic acids is 1. The first-order valence-electron chi connectivity index (χ1n) is 7.54. The molecule has 112 valence electrons. The molecule has 1 amide bonds. The van der Waals surface area contributed by atoms with Crippen molar-refractivity contribution < 1.29 is 4.79 Å². The summed E-state index contributed by atoms with van der Waals surface area (Å²) in [6.45, 7) is 3.78. The summed E-state index contributed by atoms with van der Waals surface area (Å²) < 4.78 is 1.89. The SMILES string of the molecule is Cc1cn[nH]c1C[C@@H]1CCCN(C(=O)c2cccn2C)C1. The van der Waals surface area contributed by atoms with E-state index in [2.05, 4.69) is 17.1 Å². The molecular weight excluding hydrogens is 264 g/mol. The van der Waals surface area contributed by atoms with Crippen LogP contribution >= 0.6 is 0 Å². The highest BCUT2D eigenvalue weighted by Gasteiger charge is 2.26. The monoisotopic (exact) mass is 286 g/mol. The zero-order chi connectivity index (χ0) is 14.8. The first-order valence-corrected chi connectivity index (χ1v) is 7.54. The maximum absolute atomic E-state index is 12.6. The number of amides is 1. The van der Waals surface area contributed by atoms with E-state index in [1.165, 1.54) is 17.7 Å². The molecule has 0 spiro atoms. The molecule has 0 saturated carbocycles. The van der Waals surface area contributed by atoms with Crippen molar-refractivity contribution in [2.24, 2.45) is 13.0 Å². The summed E-state index contributed by atoms with van der Waals surface area (Å²) in [5.74, 6) is 0.663. The second-order valence-corrected chi connectivity index (χ2v) is 6.00. The smallest absolute Gasteiger partial charge is 0.270 e. The number of nitrogens with one attached hydrogen (secondary N) is 1. The molecule has 21 heavy (non-hydrogen) atoms. The number of carbonyl (C=O) groups is 1. The van der Waals surface area contributed by atoms with Gasteiger partial charge in [-0.05, 0) is 49.8 Å². The van der Waals surface area contributed by atoms with Gasteiger partial charge in [-0.1, -0.05) is 0 Å². The zero-order valence-electron chi connectivity index (χ0n) is 12.7. The van der Waals surface area contributed by atoms with E-state index in [9.17, 15) is 4.79 Å². The number of H-pyrrole nitrogens is 1. The molecule has 1 saturated heterocycles. The lowest BCUT2D eigenvalue weighted by molar-refractivity contribution is 0.0663. The number of piperidine rings is 1. The summed E-state index contributed by atoms with van der Waals surface area (Å²) in [5.41, 5.74) is 3.18. The molecule has 1 aliphatic rings. The summed E-state index contributed by atoms with van der Waals surface area (Å²) >= 11 is 0. The molecular formula is C16H22N4O. The summed E-state index contributed by atoms with van der Waals surface area (Å²) in [7, 11) is 1.92. The molecule has 0 unspecified atom stereocenters. The third kappa shape index (κ3) is 2.86. The summed E-state index contributed by atoms with van der Waals surface area (Å²) in [6.07, 6.45) is 7.01. The van der Waals surface area contributed by atoms with Gasteiger partial charge in [-0.15, -0.1) is 0 Å². The number of rotatable bonds is 3. The second kappa shape index (κ2) is 5.76. The fourth-order valence-corrected chi connectivity index (χ4v) is 3.13. The van der Waals surface area contributed by atoms with Crippen LogP contribution in [0.2, 0.25) is 0 Å². The number of likely N-dealkylation sites (tertiary alicyclic amines) is 1. The number of aromatic nitrogens is 3. The summed E-state index contributed by atoms with van der Waals surface area (Å²) in [6, 6.07) is 3.81. The minimum absolute atomic E-state index is 0.147. The van der Waals surface area contributed by atoms with Crippen molar-refractivity contribution in [3.8, 4) is 0 Å². The van der Waals surface area contributed by atoms with Gasteiger partial charge in [0.25, 0.3) is 5.91 Å². The minimum atomic E-state index is 0.147. The average molecular weight is 286 g/mol. The number of nitrogens with zero attached hydrogens (tertiary/aromatic N) is 3. The van der Waals surface area contributed by atoms with Crippen molar-refractivity contribution in [3.63, 3.8) is 0 Å². The Bertz CT molecular complexity index is 628. The molecule has 2 aromatic rings. The van der Waals surface area contributed by atoms with E-state index in [1.54, 1.807) is 0 Å². The van der Waals surface area contributed by atoms with E-state index < -0.39 is 0 Å². The third-order valence-electron chi connectivity index (χ3n) is 4.40. The van der Waals surface area contributed by atoms with Gasteiger partial charge in [-0.2, -0.15) is 5.10 Å². The van der Waals surface area contributed by atoms with E-state index in [-0.39, 0.29) is 5.91 Å². The normalized spacial score (nSPS) is 19.0.